The van der Waals surface area contributed by atoms with Crippen molar-refractivity contribution in [2.24, 2.45) is 0 Å². The molecule has 3 aromatic rings. The minimum atomic E-state index is -3.47. The first-order valence-corrected chi connectivity index (χ1v) is 10.3. The molecule has 0 heterocycles. The highest BCUT2D eigenvalue weighted by atomic mass is 32.2. The predicted molar refractivity (Wildman–Crippen MR) is 103 cm³/mol. The van der Waals surface area contributed by atoms with E-state index in [-0.39, 0.29) is 16.2 Å². The molecule has 1 aliphatic carbocycles. The van der Waals surface area contributed by atoms with Crippen LogP contribution >= 0.6 is 0 Å². The van der Waals surface area contributed by atoms with Gasteiger partial charge in [0.05, 0.1) is 16.2 Å². The third-order valence-electron chi connectivity index (χ3n) is 4.97. The van der Waals surface area contributed by atoms with Gasteiger partial charge in [-0.15, -0.1) is 0 Å². The van der Waals surface area contributed by atoms with Gasteiger partial charge in [-0.3, -0.25) is 4.79 Å². The van der Waals surface area contributed by atoms with Gasteiger partial charge in [0.1, 0.15) is 0 Å². The number of anilines is 1. The first-order chi connectivity index (χ1) is 12.5. The summed E-state index contributed by atoms with van der Waals surface area (Å²) in [5.74, 6) is -0.450. The van der Waals surface area contributed by atoms with E-state index in [1.807, 2.05) is 24.3 Å². The summed E-state index contributed by atoms with van der Waals surface area (Å²) < 4.78 is 24.6. The minimum Gasteiger partial charge on any atom is -0.321 e. The molecule has 1 aliphatic rings. The van der Waals surface area contributed by atoms with Crippen molar-refractivity contribution in [3.8, 4) is 0 Å². The van der Waals surface area contributed by atoms with Gasteiger partial charge in [-0.2, -0.15) is 0 Å². The van der Waals surface area contributed by atoms with E-state index in [0.29, 0.717) is 5.69 Å². The fraction of sp³-hybridized carbons (Fsp3) is 0.190. The third-order valence-corrected chi connectivity index (χ3v) is 6.76. The Balaban J connectivity index is 1.77. The van der Waals surface area contributed by atoms with Crippen LogP contribution in [0.3, 0.4) is 0 Å². The number of hydrogen-bond donors (Lipinski definition) is 1. The van der Waals surface area contributed by atoms with Gasteiger partial charge in [-0.1, -0.05) is 43.3 Å². The molecule has 0 saturated heterocycles. The highest BCUT2D eigenvalue weighted by Crippen LogP contribution is 2.35. The number of carbonyl (C=O) groups is 1. The monoisotopic (exact) mass is 365 g/mol. The largest absolute Gasteiger partial charge is 0.321 e. The topological polar surface area (TPSA) is 63.2 Å². The lowest BCUT2D eigenvalue weighted by Gasteiger charge is -2.13. The van der Waals surface area contributed by atoms with Crippen LogP contribution in [0.25, 0.3) is 10.8 Å². The van der Waals surface area contributed by atoms with E-state index >= 15 is 0 Å². The molecule has 1 amide bonds. The van der Waals surface area contributed by atoms with Gasteiger partial charge < -0.3 is 5.32 Å². The Morgan fingerprint density at radius 3 is 2.46 bits per heavy atom. The number of benzene rings is 3. The first kappa shape index (κ1) is 16.8. The maximum Gasteiger partial charge on any atom is 0.257 e. The summed E-state index contributed by atoms with van der Waals surface area (Å²) in [6.07, 6.45) is 2.03. The summed E-state index contributed by atoms with van der Waals surface area (Å²) >= 11 is 0. The second-order valence-corrected chi connectivity index (χ2v) is 8.71. The normalized spacial score (nSPS) is 13.1. The molecule has 4 nitrogen and oxygen atoms in total. The second-order valence-electron chi connectivity index (χ2n) is 6.47. The maximum atomic E-state index is 12.9. The van der Waals surface area contributed by atoms with Crippen molar-refractivity contribution in [3.05, 3.63) is 71.3 Å². The molecule has 5 heteroatoms. The van der Waals surface area contributed by atoms with Gasteiger partial charge in [0.25, 0.3) is 5.91 Å². The molecular formula is C21H19NO3S. The lowest BCUT2D eigenvalue weighted by Crippen LogP contribution is -2.17. The van der Waals surface area contributed by atoms with E-state index in [4.69, 9.17) is 0 Å². The molecule has 0 spiro atoms. The molecule has 0 radical (unpaired) electrons. The molecule has 132 valence electrons. The van der Waals surface area contributed by atoms with Crippen LogP contribution in [0.4, 0.5) is 5.69 Å². The lowest BCUT2D eigenvalue weighted by molar-refractivity contribution is 0.102. The summed E-state index contributed by atoms with van der Waals surface area (Å²) in [6.45, 7) is 1.58. The predicted octanol–water partition coefficient (Wildman–Crippen LogP) is 3.98. The Morgan fingerprint density at radius 2 is 1.69 bits per heavy atom. The smallest absolute Gasteiger partial charge is 0.257 e. The second kappa shape index (κ2) is 6.25. The van der Waals surface area contributed by atoms with Crippen LogP contribution in [-0.4, -0.2) is 20.1 Å². The Morgan fingerprint density at radius 1 is 0.962 bits per heavy atom. The number of amides is 1. The number of sulfone groups is 1. The Kier molecular flexibility index (Phi) is 4.04. The van der Waals surface area contributed by atoms with Gasteiger partial charge in [0.15, 0.2) is 9.84 Å². The van der Waals surface area contributed by atoms with Crippen LogP contribution in [0.15, 0.2) is 59.5 Å². The molecule has 3 aromatic carbocycles. The van der Waals surface area contributed by atoms with Crippen LogP contribution in [0.2, 0.25) is 0 Å². The van der Waals surface area contributed by atoms with E-state index in [2.05, 4.69) is 11.4 Å². The molecule has 0 bridgehead atoms. The van der Waals surface area contributed by atoms with Crippen molar-refractivity contribution < 1.29 is 13.2 Å². The van der Waals surface area contributed by atoms with E-state index in [1.165, 1.54) is 22.6 Å². The first-order valence-electron chi connectivity index (χ1n) is 8.68. The van der Waals surface area contributed by atoms with Gasteiger partial charge >= 0.3 is 0 Å². The average Bonchev–Trinajstić information content (AvgIpc) is 3.09. The van der Waals surface area contributed by atoms with Crippen molar-refractivity contribution in [1.82, 2.24) is 0 Å². The van der Waals surface area contributed by atoms with Crippen molar-refractivity contribution in [3.63, 3.8) is 0 Å². The van der Waals surface area contributed by atoms with Crippen LogP contribution in [0, 0.1) is 0 Å². The van der Waals surface area contributed by atoms with Crippen LogP contribution in [0.5, 0.6) is 0 Å². The van der Waals surface area contributed by atoms with Gasteiger partial charge in [-0.05, 0) is 47.6 Å². The summed E-state index contributed by atoms with van der Waals surface area (Å²) in [7, 11) is -3.47. The van der Waals surface area contributed by atoms with Gasteiger partial charge in [-0.25, -0.2) is 8.42 Å². The molecule has 26 heavy (non-hydrogen) atoms. The zero-order valence-electron chi connectivity index (χ0n) is 14.5. The summed E-state index contributed by atoms with van der Waals surface area (Å²) in [6, 6.07) is 16.4. The molecule has 1 N–H and O–H groups in total. The van der Waals surface area contributed by atoms with Crippen LogP contribution in [0.1, 0.15) is 28.4 Å². The molecule has 0 saturated carbocycles. The summed E-state index contributed by atoms with van der Waals surface area (Å²) in [4.78, 5) is 12.9. The Bertz CT molecular complexity index is 1120. The van der Waals surface area contributed by atoms with Crippen LogP contribution < -0.4 is 5.32 Å². The molecule has 0 fully saturated rings. The van der Waals surface area contributed by atoms with E-state index < -0.39 is 15.7 Å². The molecule has 4 rings (SSSR count). The van der Waals surface area contributed by atoms with Crippen molar-refractivity contribution in [2.75, 3.05) is 11.1 Å². The quantitative estimate of drug-likeness (QED) is 0.760. The number of hydrogen-bond acceptors (Lipinski definition) is 3. The zero-order valence-corrected chi connectivity index (χ0v) is 15.3. The molecular weight excluding hydrogens is 346 g/mol. The molecule has 0 aliphatic heterocycles. The fourth-order valence-corrected chi connectivity index (χ4v) is 4.72. The Labute approximate surface area is 152 Å². The van der Waals surface area contributed by atoms with E-state index in [9.17, 15) is 13.2 Å². The number of nitrogens with one attached hydrogen (secondary N) is 1. The molecule has 0 unspecified atom stereocenters. The minimum absolute atomic E-state index is 0.0434. The van der Waals surface area contributed by atoms with Gasteiger partial charge in [0.2, 0.25) is 0 Å². The highest BCUT2D eigenvalue weighted by molar-refractivity contribution is 7.91. The fourth-order valence-electron chi connectivity index (χ4n) is 3.63. The van der Waals surface area contributed by atoms with Crippen molar-refractivity contribution >= 4 is 32.2 Å². The third kappa shape index (κ3) is 2.69. The Hall–Kier alpha value is -2.66. The summed E-state index contributed by atoms with van der Waals surface area (Å²) in [5, 5.41) is 5.13. The van der Waals surface area contributed by atoms with Crippen molar-refractivity contribution in [1.29, 1.82) is 0 Å². The standard InChI is InChI=1S/C21H19NO3S/c1-2-26(24,25)19-9-4-3-7-17(19)21(23)22-18-13-12-15-11-10-14-6-5-8-16(18)20(14)15/h3-9,12-13H,2,10-11H2,1H3,(H,22,23). The van der Waals surface area contributed by atoms with E-state index in [1.54, 1.807) is 25.1 Å². The number of carbonyl (C=O) groups excluding carboxylic acids is 1. The van der Waals surface area contributed by atoms with Gasteiger partial charge in [0, 0.05) is 11.1 Å². The van der Waals surface area contributed by atoms with Crippen molar-refractivity contribution in [2.45, 2.75) is 24.7 Å². The average molecular weight is 365 g/mol. The molecule has 0 atom stereocenters. The molecule has 0 aromatic heterocycles. The highest BCUT2D eigenvalue weighted by Gasteiger charge is 2.22. The zero-order chi connectivity index (χ0) is 18.3. The summed E-state index contributed by atoms with van der Waals surface area (Å²) in [5.41, 5.74) is 3.48. The SMILES string of the molecule is CCS(=O)(=O)c1ccccc1C(=O)Nc1ccc2c3c(cccc13)CC2. The number of rotatable bonds is 4. The lowest BCUT2D eigenvalue weighted by atomic mass is 10.0. The van der Waals surface area contributed by atoms with Crippen LogP contribution in [-0.2, 0) is 22.7 Å². The number of aryl methyl sites for hydroxylation is 2. The van der Waals surface area contributed by atoms with E-state index in [0.717, 1.165) is 18.2 Å². The maximum absolute atomic E-state index is 12.9.